The molecule has 0 aliphatic rings. The van der Waals surface area contributed by atoms with E-state index in [-0.39, 0.29) is 11.7 Å². The Morgan fingerprint density at radius 2 is 1.84 bits per heavy atom. The van der Waals surface area contributed by atoms with Gasteiger partial charge in [-0.05, 0) is 29.3 Å². The molecule has 4 nitrogen and oxygen atoms in total. The summed E-state index contributed by atoms with van der Waals surface area (Å²) >= 11 is 0. The summed E-state index contributed by atoms with van der Waals surface area (Å²) in [6.07, 6.45) is 5.56. The highest BCUT2D eigenvalue weighted by atomic mass is 19.1. The van der Waals surface area contributed by atoms with Crippen LogP contribution in [0.2, 0.25) is 0 Å². The molecule has 0 radical (unpaired) electrons. The number of halogens is 1. The number of pyridine rings is 1. The van der Waals surface area contributed by atoms with Crippen LogP contribution in [0.5, 0.6) is 11.5 Å². The minimum Gasteiger partial charge on any atom is -0.496 e. The van der Waals surface area contributed by atoms with Gasteiger partial charge in [-0.1, -0.05) is 26.0 Å². The third kappa shape index (κ3) is 3.66. The summed E-state index contributed by atoms with van der Waals surface area (Å²) in [5.74, 6) is 0.343. The van der Waals surface area contributed by atoms with Gasteiger partial charge in [0, 0.05) is 29.9 Å². The highest BCUT2D eigenvalue weighted by molar-refractivity contribution is 5.71. The van der Waals surface area contributed by atoms with Crippen molar-refractivity contribution in [1.82, 2.24) is 4.98 Å². The molecule has 0 bridgehead atoms. The Kier molecular flexibility index (Phi) is 6.15. The van der Waals surface area contributed by atoms with E-state index in [4.69, 9.17) is 15.2 Å². The van der Waals surface area contributed by atoms with E-state index in [0.717, 1.165) is 16.0 Å². The fraction of sp³-hybridized carbons (Fsp3) is 0.350. The van der Waals surface area contributed by atoms with Crippen LogP contribution in [-0.2, 0) is 0 Å². The van der Waals surface area contributed by atoms with E-state index in [1.807, 2.05) is 39.0 Å². The van der Waals surface area contributed by atoms with Crippen LogP contribution in [0.15, 0.2) is 18.3 Å². The first-order valence-electron chi connectivity index (χ1n) is 8.25. The molecular formula is C20H25FN2O2. The second-order valence-electron chi connectivity index (χ2n) is 5.97. The molecule has 134 valence electrons. The lowest BCUT2D eigenvalue weighted by molar-refractivity contribution is 0.371. The van der Waals surface area contributed by atoms with Crippen molar-refractivity contribution in [2.45, 2.75) is 26.7 Å². The molecule has 2 rings (SSSR count). The lowest BCUT2D eigenvalue weighted by Gasteiger charge is -2.19. The summed E-state index contributed by atoms with van der Waals surface area (Å²) in [7, 11) is 3.01. The summed E-state index contributed by atoms with van der Waals surface area (Å²) in [4.78, 5) is 4.47. The predicted molar refractivity (Wildman–Crippen MR) is 99.7 cm³/mol. The minimum atomic E-state index is -0.433. The largest absolute Gasteiger partial charge is 0.496 e. The van der Waals surface area contributed by atoms with Crippen LogP contribution in [0.25, 0.3) is 23.4 Å². The molecule has 0 saturated carbocycles. The van der Waals surface area contributed by atoms with E-state index in [1.54, 1.807) is 19.4 Å². The SMILES string of the molecule is C/C=c1/cc(-c2c(F)c(OC)cc(OC)c2C(C)C)nc/c1=C/CN. The zero-order valence-electron chi connectivity index (χ0n) is 15.4. The van der Waals surface area contributed by atoms with Crippen LogP contribution >= 0.6 is 0 Å². The van der Waals surface area contributed by atoms with Gasteiger partial charge in [0.05, 0.1) is 19.9 Å². The third-order valence-corrected chi connectivity index (χ3v) is 4.12. The van der Waals surface area contributed by atoms with Gasteiger partial charge in [-0.3, -0.25) is 4.98 Å². The van der Waals surface area contributed by atoms with Gasteiger partial charge >= 0.3 is 0 Å². The molecule has 0 aliphatic heterocycles. The zero-order chi connectivity index (χ0) is 18.6. The van der Waals surface area contributed by atoms with Gasteiger partial charge in [0.25, 0.3) is 0 Å². The second-order valence-corrected chi connectivity index (χ2v) is 5.97. The second kappa shape index (κ2) is 8.12. The van der Waals surface area contributed by atoms with Crippen LogP contribution in [0.3, 0.4) is 0 Å². The molecule has 25 heavy (non-hydrogen) atoms. The average Bonchev–Trinajstić information content (AvgIpc) is 2.61. The topological polar surface area (TPSA) is 57.4 Å². The molecule has 0 atom stereocenters. The standard InChI is InChI=1S/C20H25FN2O2/c1-6-13-9-15(23-11-14(13)7-8-22)19-18(12(2)3)16(24-4)10-17(25-5)20(19)21/h6-7,9-12H,8,22H2,1-5H3/b13-6-,14-7-. The van der Waals surface area contributed by atoms with Gasteiger partial charge < -0.3 is 15.2 Å². The van der Waals surface area contributed by atoms with Crippen LogP contribution in [0, 0.1) is 5.82 Å². The molecule has 0 unspecified atom stereocenters. The van der Waals surface area contributed by atoms with Crippen LogP contribution in [0.1, 0.15) is 32.3 Å². The number of nitrogens with zero attached hydrogens (tertiary/aromatic N) is 1. The molecule has 5 heteroatoms. The molecule has 2 N–H and O–H groups in total. The number of aromatic nitrogens is 1. The van der Waals surface area contributed by atoms with Crippen molar-refractivity contribution in [3.63, 3.8) is 0 Å². The van der Waals surface area contributed by atoms with Gasteiger partial charge in [-0.25, -0.2) is 4.39 Å². The molecule has 0 saturated heterocycles. The summed E-state index contributed by atoms with van der Waals surface area (Å²) in [5.41, 5.74) is 7.33. The lowest BCUT2D eigenvalue weighted by atomic mass is 9.92. The molecule has 0 fully saturated rings. The predicted octanol–water partition coefficient (Wildman–Crippen LogP) is 2.57. The quantitative estimate of drug-likeness (QED) is 0.906. The van der Waals surface area contributed by atoms with E-state index >= 15 is 4.39 Å². The van der Waals surface area contributed by atoms with Crippen molar-refractivity contribution in [3.05, 3.63) is 40.1 Å². The van der Waals surface area contributed by atoms with Crippen molar-refractivity contribution in [2.24, 2.45) is 5.73 Å². The van der Waals surface area contributed by atoms with Gasteiger partial charge in [0.1, 0.15) is 5.75 Å². The van der Waals surface area contributed by atoms with Crippen molar-refractivity contribution < 1.29 is 13.9 Å². The Labute approximate surface area is 147 Å². The zero-order valence-corrected chi connectivity index (χ0v) is 15.4. The van der Waals surface area contributed by atoms with Gasteiger partial charge in [0.2, 0.25) is 0 Å². The maximum atomic E-state index is 15.1. The van der Waals surface area contributed by atoms with Crippen molar-refractivity contribution in [2.75, 3.05) is 20.8 Å². The number of hydrogen-bond donors (Lipinski definition) is 1. The van der Waals surface area contributed by atoms with E-state index in [2.05, 4.69) is 4.98 Å². The first kappa shape index (κ1) is 18.9. The Morgan fingerprint density at radius 1 is 1.16 bits per heavy atom. The molecular weight excluding hydrogens is 319 g/mol. The molecule has 0 spiro atoms. The summed E-state index contributed by atoms with van der Waals surface area (Å²) in [6, 6.07) is 3.45. The van der Waals surface area contributed by atoms with Gasteiger partial charge in [-0.15, -0.1) is 0 Å². The van der Waals surface area contributed by atoms with Crippen LogP contribution < -0.4 is 25.6 Å². The normalized spacial score (nSPS) is 12.8. The Hall–Kier alpha value is -2.40. The Bertz CT molecular complexity index is 876. The van der Waals surface area contributed by atoms with E-state index in [0.29, 0.717) is 23.6 Å². The van der Waals surface area contributed by atoms with Crippen molar-refractivity contribution in [3.8, 4) is 22.8 Å². The first-order valence-corrected chi connectivity index (χ1v) is 8.25. The van der Waals surface area contributed by atoms with Crippen LogP contribution in [-0.4, -0.2) is 25.7 Å². The van der Waals surface area contributed by atoms with Crippen molar-refractivity contribution >= 4 is 12.2 Å². The first-order chi connectivity index (χ1) is 12.0. The molecule has 1 aromatic heterocycles. The number of methoxy groups -OCH3 is 2. The van der Waals surface area contributed by atoms with E-state index in [9.17, 15) is 0 Å². The monoisotopic (exact) mass is 344 g/mol. The van der Waals surface area contributed by atoms with Gasteiger partial charge in [0.15, 0.2) is 11.6 Å². The summed E-state index contributed by atoms with van der Waals surface area (Å²) in [6.45, 7) is 6.34. The number of rotatable bonds is 5. The fourth-order valence-electron chi connectivity index (χ4n) is 2.93. The summed E-state index contributed by atoms with van der Waals surface area (Å²) in [5, 5.41) is 1.88. The third-order valence-electron chi connectivity index (χ3n) is 4.12. The Balaban J connectivity index is 2.89. The molecule has 2 aromatic rings. The van der Waals surface area contributed by atoms with E-state index < -0.39 is 5.82 Å². The van der Waals surface area contributed by atoms with Crippen molar-refractivity contribution in [1.29, 1.82) is 0 Å². The summed E-state index contributed by atoms with van der Waals surface area (Å²) < 4.78 is 25.8. The highest BCUT2D eigenvalue weighted by Gasteiger charge is 2.23. The number of ether oxygens (including phenoxy) is 2. The van der Waals surface area contributed by atoms with E-state index in [1.165, 1.54) is 7.11 Å². The van der Waals surface area contributed by atoms with Gasteiger partial charge in [-0.2, -0.15) is 0 Å². The Morgan fingerprint density at radius 3 is 2.36 bits per heavy atom. The number of benzene rings is 1. The molecule has 0 amide bonds. The lowest BCUT2D eigenvalue weighted by Crippen LogP contribution is -2.26. The smallest absolute Gasteiger partial charge is 0.174 e. The molecule has 1 heterocycles. The highest BCUT2D eigenvalue weighted by Crippen LogP contribution is 2.41. The minimum absolute atomic E-state index is 0.0523. The number of hydrogen-bond acceptors (Lipinski definition) is 4. The number of nitrogens with two attached hydrogens (primary N) is 1. The molecule has 1 aromatic carbocycles. The average molecular weight is 344 g/mol. The maximum absolute atomic E-state index is 15.1. The fourth-order valence-corrected chi connectivity index (χ4v) is 2.93. The van der Waals surface area contributed by atoms with Crippen LogP contribution in [0.4, 0.5) is 4.39 Å². The maximum Gasteiger partial charge on any atom is 0.174 e. The molecule has 0 aliphatic carbocycles.